The molecule has 0 bridgehead atoms. The molecule has 4 aromatic rings. The molecule has 0 aliphatic heterocycles. The van der Waals surface area contributed by atoms with E-state index < -0.39 is 11.9 Å². The van der Waals surface area contributed by atoms with Gasteiger partial charge in [-0.2, -0.15) is 0 Å². The molecule has 1 aromatic heterocycles. The van der Waals surface area contributed by atoms with Gasteiger partial charge in [0.1, 0.15) is 0 Å². The molecule has 4 rings (SSSR count). The Labute approximate surface area is 165 Å². The van der Waals surface area contributed by atoms with E-state index in [2.05, 4.69) is 15.7 Å². The molecule has 0 atom stereocenters. The summed E-state index contributed by atoms with van der Waals surface area (Å²) in [4.78, 5) is 28.9. The minimum Gasteiger partial charge on any atom is -0.457 e. The van der Waals surface area contributed by atoms with Crippen LogP contribution in [0, 0.1) is 0 Å². The lowest BCUT2D eigenvalue weighted by Gasteiger charge is -2.05. The van der Waals surface area contributed by atoms with E-state index >= 15 is 0 Å². The molecule has 29 heavy (non-hydrogen) atoms. The molecule has 0 fully saturated rings. The number of amides is 1. The summed E-state index contributed by atoms with van der Waals surface area (Å²) in [6.45, 7) is 0. The van der Waals surface area contributed by atoms with Gasteiger partial charge in [0.25, 0.3) is 5.91 Å². The molecule has 7 nitrogen and oxygen atoms in total. The van der Waals surface area contributed by atoms with Crippen molar-refractivity contribution in [3.8, 4) is 0 Å². The molecule has 7 heteroatoms. The average molecular weight is 385 g/mol. The molecular weight excluding hydrogens is 370 g/mol. The van der Waals surface area contributed by atoms with E-state index in [-0.39, 0.29) is 5.76 Å². The number of hydrogen-bond acceptors (Lipinski definition) is 6. The summed E-state index contributed by atoms with van der Waals surface area (Å²) in [5.74, 6) is -0.972. The Bertz CT molecular complexity index is 1180. The van der Waals surface area contributed by atoms with Crippen molar-refractivity contribution in [3.63, 3.8) is 0 Å². The maximum Gasteiger partial charge on any atom is 0.398 e. The number of carbonyl (C=O) groups excluding carboxylic acids is 2. The second-order valence-corrected chi connectivity index (χ2v) is 6.08. The number of carbonyl (C=O) groups is 2. The number of fused-ring (bicyclic) bond motifs is 1. The summed E-state index contributed by atoms with van der Waals surface area (Å²) < 4.78 is 4.94. The lowest BCUT2D eigenvalue weighted by Crippen LogP contribution is -2.09. The standard InChI is InChI=1S/C22H15N3O4/c26-21(17-8-7-15-4-1-2-5-16(15)14-17)24-23-18-9-11-19(12-10-18)25-29-22(27)20-6-3-13-28-20/h1-14,25H. The first-order chi connectivity index (χ1) is 14.2. The second-order valence-electron chi connectivity index (χ2n) is 6.08. The zero-order chi connectivity index (χ0) is 20.1. The van der Waals surface area contributed by atoms with Crippen LogP contribution in [0.2, 0.25) is 0 Å². The van der Waals surface area contributed by atoms with Crippen molar-refractivity contribution in [3.05, 3.63) is 96.4 Å². The summed E-state index contributed by atoms with van der Waals surface area (Å²) in [7, 11) is 0. The number of furan rings is 1. The first-order valence-corrected chi connectivity index (χ1v) is 8.75. The fourth-order valence-corrected chi connectivity index (χ4v) is 2.63. The van der Waals surface area contributed by atoms with Crippen molar-refractivity contribution >= 4 is 34.0 Å². The Hall–Kier alpha value is -4.26. The first kappa shape index (κ1) is 18.1. The van der Waals surface area contributed by atoms with E-state index in [1.165, 1.54) is 12.3 Å². The summed E-state index contributed by atoms with van der Waals surface area (Å²) >= 11 is 0. The van der Waals surface area contributed by atoms with Gasteiger partial charge in [0, 0.05) is 5.56 Å². The van der Waals surface area contributed by atoms with Crippen LogP contribution in [0.15, 0.2) is 99.8 Å². The molecule has 0 radical (unpaired) electrons. The Kier molecular flexibility index (Phi) is 5.11. The molecule has 0 aliphatic rings. The van der Waals surface area contributed by atoms with E-state index in [0.29, 0.717) is 16.9 Å². The van der Waals surface area contributed by atoms with E-state index in [9.17, 15) is 9.59 Å². The third kappa shape index (κ3) is 4.36. The molecule has 142 valence electrons. The quantitative estimate of drug-likeness (QED) is 0.359. The van der Waals surface area contributed by atoms with E-state index in [4.69, 9.17) is 9.25 Å². The van der Waals surface area contributed by atoms with Gasteiger partial charge in [-0.1, -0.05) is 30.3 Å². The minimum atomic E-state index is -0.639. The van der Waals surface area contributed by atoms with Gasteiger partial charge < -0.3 is 9.25 Å². The van der Waals surface area contributed by atoms with Gasteiger partial charge in [0.05, 0.1) is 17.6 Å². The summed E-state index contributed by atoms with van der Waals surface area (Å²) in [5.41, 5.74) is 4.01. The number of rotatable bonds is 5. The fourth-order valence-electron chi connectivity index (χ4n) is 2.63. The molecule has 3 aromatic carbocycles. The predicted octanol–water partition coefficient (Wildman–Crippen LogP) is 5.54. The molecule has 0 aliphatic carbocycles. The number of nitrogens with zero attached hydrogens (tertiary/aromatic N) is 2. The van der Waals surface area contributed by atoms with Crippen molar-refractivity contribution in [2.24, 2.45) is 10.2 Å². The highest BCUT2D eigenvalue weighted by Crippen LogP contribution is 2.19. The molecule has 1 heterocycles. The van der Waals surface area contributed by atoms with Crippen molar-refractivity contribution in [1.29, 1.82) is 0 Å². The molecular formula is C22H15N3O4. The van der Waals surface area contributed by atoms with Gasteiger partial charge >= 0.3 is 5.97 Å². The fraction of sp³-hybridized carbons (Fsp3) is 0. The number of anilines is 1. The molecule has 0 spiro atoms. The zero-order valence-electron chi connectivity index (χ0n) is 15.1. The third-order valence-electron chi connectivity index (χ3n) is 4.10. The highest BCUT2D eigenvalue weighted by molar-refractivity contribution is 5.98. The van der Waals surface area contributed by atoms with Gasteiger partial charge in [-0.05, 0) is 59.3 Å². The maximum absolute atomic E-state index is 12.3. The van der Waals surface area contributed by atoms with Gasteiger partial charge in [-0.3, -0.25) is 4.79 Å². The topological polar surface area (TPSA) is 93.3 Å². The van der Waals surface area contributed by atoms with Gasteiger partial charge in [-0.15, -0.1) is 10.2 Å². The summed E-state index contributed by atoms with van der Waals surface area (Å²) in [5, 5.41) is 9.76. The van der Waals surface area contributed by atoms with Crippen molar-refractivity contribution in [2.75, 3.05) is 5.48 Å². The second kappa shape index (κ2) is 8.18. The van der Waals surface area contributed by atoms with Crippen LogP contribution in [-0.4, -0.2) is 11.9 Å². The normalized spacial score (nSPS) is 10.9. The van der Waals surface area contributed by atoms with Crippen LogP contribution < -0.4 is 5.48 Å². The van der Waals surface area contributed by atoms with Gasteiger partial charge in [-0.25, -0.2) is 10.3 Å². The van der Waals surface area contributed by atoms with E-state index in [0.717, 1.165) is 10.8 Å². The zero-order valence-corrected chi connectivity index (χ0v) is 15.1. The first-order valence-electron chi connectivity index (χ1n) is 8.75. The number of nitrogens with one attached hydrogen (secondary N) is 1. The van der Waals surface area contributed by atoms with Crippen LogP contribution in [0.5, 0.6) is 0 Å². The van der Waals surface area contributed by atoms with E-state index in [1.807, 2.05) is 30.3 Å². The van der Waals surface area contributed by atoms with Crippen LogP contribution >= 0.6 is 0 Å². The summed E-state index contributed by atoms with van der Waals surface area (Å²) in [6.07, 6.45) is 1.38. The van der Waals surface area contributed by atoms with Gasteiger partial charge in [0.15, 0.2) is 0 Å². The van der Waals surface area contributed by atoms with Gasteiger partial charge in [0.2, 0.25) is 5.76 Å². The molecule has 1 N–H and O–H groups in total. The minimum absolute atomic E-state index is 0.0927. The van der Waals surface area contributed by atoms with Crippen molar-refractivity contribution < 1.29 is 18.8 Å². The Morgan fingerprint density at radius 2 is 1.66 bits per heavy atom. The van der Waals surface area contributed by atoms with Crippen LogP contribution in [0.25, 0.3) is 10.8 Å². The predicted molar refractivity (Wildman–Crippen MR) is 107 cm³/mol. The largest absolute Gasteiger partial charge is 0.457 e. The molecule has 0 unspecified atom stereocenters. The van der Waals surface area contributed by atoms with Crippen LogP contribution in [0.4, 0.5) is 11.4 Å². The molecule has 1 amide bonds. The summed E-state index contributed by atoms with van der Waals surface area (Å²) in [6, 6.07) is 22.8. The Morgan fingerprint density at radius 1 is 0.862 bits per heavy atom. The molecule has 0 saturated heterocycles. The van der Waals surface area contributed by atoms with Crippen LogP contribution in [-0.2, 0) is 4.84 Å². The maximum atomic E-state index is 12.3. The lowest BCUT2D eigenvalue weighted by molar-refractivity contribution is 0.0560. The Balaban J connectivity index is 1.37. The monoisotopic (exact) mass is 385 g/mol. The third-order valence-corrected chi connectivity index (χ3v) is 4.10. The van der Waals surface area contributed by atoms with Crippen molar-refractivity contribution in [2.45, 2.75) is 0 Å². The van der Waals surface area contributed by atoms with Crippen LogP contribution in [0.3, 0.4) is 0 Å². The smallest absolute Gasteiger partial charge is 0.398 e. The van der Waals surface area contributed by atoms with Crippen LogP contribution in [0.1, 0.15) is 20.9 Å². The number of benzene rings is 3. The van der Waals surface area contributed by atoms with Crippen molar-refractivity contribution in [1.82, 2.24) is 0 Å². The highest BCUT2D eigenvalue weighted by Gasteiger charge is 2.10. The van der Waals surface area contributed by atoms with E-state index in [1.54, 1.807) is 42.5 Å². The lowest BCUT2D eigenvalue weighted by atomic mass is 10.1. The Morgan fingerprint density at radius 3 is 2.41 bits per heavy atom. The SMILES string of the molecule is O=C(N=Nc1ccc(NOC(=O)c2ccco2)cc1)c1ccc2ccccc2c1. The number of azo groups is 1. The molecule has 0 saturated carbocycles. The highest BCUT2D eigenvalue weighted by atomic mass is 16.7. The average Bonchev–Trinajstić information content (AvgIpc) is 3.31. The number of hydrogen-bond donors (Lipinski definition) is 1.